The van der Waals surface area contributed by atoms with E-state index in [1.807, 2.05) is 0 Å². The Morgan fingerprint density at radius 3 is 1.10 bits per heavy atom. The van der Waals surface area contributed by atoms with Crippen molar-refractivity contribution < 1.29 is 26.2 Å². The van der Waals surface area contributed by atoms with E-state index in [0.29, 0.717) is 0 Å². The molecule has 4 heteroatoms. The van der Waals surface area contributed by atoms with Gasteiger partial charge < -0.3 is 0 Å². The Balaban J connectivity index is 0.000000551. The zero-order valence-electron chi connectivity index (χ0n) is 26.1. The van der Waals surface area contributed by atoms with Gasteiger partial charge in [-0.25, -0.2) is 0 Å². The van der Waals surface area contributed by atoms with E-state index in [9.17, 15) is 0 Å². The van der Waals surface area contributed by atoms with Crippen LogP contribution in [0.4, 0.5) is 0 Å². The Bertz CT molecular complexity index is 1390. The first kappa shape index (κ1) is 38.8. The first-order chi connectivity index (χ1) is 17.5. The van der Waals surface area contributed by atoms with Crippen molar-refractivity contribution in [2.75, 3.05) is 0 Å². The molecule has 40 heavy (non-hydrogen) atoms. The molecule has 0 aromatic heterocycles. The number of hydrogen-bond acceptors (Lipinski definition) is 0. The van der Waals surface area contributed by atoms with Crippen LogP contribution in [-0.2, 0) is 26.2 Å². The van der Waals surface area contributed by atoms with Gasteiger partial charge in [0.2, 0.25) is 0 Å². The minimum absolute atomic E-state index is 0. The quantitative estimate of drug-likeness (QED) is 0.153. The van der Waals surface area contributed by atoms with Crippen molar-refractivity contribution in [3.8, 4) is 11.1 Å². The Labute approximate surface area is 277 Å². The van der Waals surface area contributed by atoms with E-state index in [1.165, 1.54) is 54.3 Å². The molecule has 6 rings (SSSR count). The second kappa shape index (κ2) is 16.5. The SMILES string of the molecule is CCC1(C)[C-]=c2c(C)cccc2=C1C.CCC1(C)[C-]=c2c(C)cccc2=C1C.C[SiH]C.Cl.Cl.[Zr+2].c1cc2ccc1-2. The number of hydrogen-bond donors (Lipinski definition) is 0. The molecule has 2 unspecified atom stereocenters. The van der Waals surface area contributed by atoms with Gasteiger partial charge in [-0.15, -0.1) is 70.7 Å². The largest absolute Gasteiger partial charge is 2.00 e. The van der Waals surface area contributed by atoms with Crippen LogP contribution in [0.3, 0.4) is 0 Å². The number of aryl methyl sites for hydroxylation is 2. The van der Waals surface area contributed by atoms with E-state index in [1.54, 1.807) is 0 Å². The van der Waals surface area contributed by atoms with E-state index >= 15 is 0 Å². The topological polar surface area (TPSA) is 0 Å². The van der Waals surface area contributed by atoms with Crippen molar-refractivity contribution in [3.05, 3.63) is 92.7 Å². The minimum Gasteiger partial charge on any atom is -0.191 e. The Morgan fingerprint density at radius 1 is 0.600 bits per heavy atom. The molecule has 0 spiro atoms. The minimum atomic E-state index is 0. The van der Waals surface area contributed by atoms with Crippen molar-refractivity contribution in [2.45, 2.75) is 81.3 Å². The third-order valence-electron chi connectivity index (χ3n) is 8.44. The first-order valence-electron chi connectivity index (χ1n) is 13.8. The van der Waals surface area contributed by atoms with E-state index in [2.05, 4.69) is 141 Å². The van der Waals surface area contributed by atoms with Crippen LogP contribution in [0.2, 0.25) is 13.1 Å². The van der Waals surface area contributed by atoms with Gasteiger partial charge in [0.25, 0.3) is 0 Å². The summed E-state index contributed by atoms with van der Waals surface area (Å²) in [4.78, 5) is 0. The van der Waals surface area contributed by atoms with Gasteiger partial charge in [0.15, 0.2) is 0 Å². The average Bonchev–Trinajstić information content (AvgIpc) is 3.30. The molecule has 4 aliphatic rings. The summed E-state index contributed by atoms with van der Waals surface area (Å²) in [6.45, 7) is 22.3. The molecule has 213 valence electrons. The van der Waals surface area contributed by atoms with Crippen LogP contribution in [0, 0.1) is 24.7 Å². The fourth-order valence-electron chi connectivity index (χ4n) is 5.00. The number of fused-ring (bicyclic) bond motifs is 3. The molecule has 2 atom stereocenters. The summed E-state index contributed by atoms with van der Waals surface area (Å²) in [6, 6.07) is 21.5. The molecule has 0 N–H and O–H groups in total. The molecule has 0 heterocycles. The Morgan fingerprint density at radius 2 is 0.900 bits per heavy atom. The summed E-state index contributed by atoms with van der Waals surface area (Å²) in [6.07, 6.45) is 9.55. The first-order valence-corrected chi connectivity index (χ1v) is 16.1. The molecule has 0 fully saturated rings. The Hall–Kier alpha value is -1.18. The van der Waals surface area contributed by atoms with E-state index in [4.69, 9.17) is 0 Å². The predicted octanol–water partition coefficient (Wildman–Crippen LogP) is 7.53. The van der Waals surface area contributed by atoms with Crippen LogP contribution in [0.25, 0.3) is 34.4 Å². The van der Waals surface area contributed by atoms with E-state index in [0.717, 1.165) is 22.4 Å². The maximum absolute atomic E-state index is 3.64. The monoisotopic (exact) mass is 667 g/mol. The van der Waals surface area contributed by atoms with Crippen molar-refractivity contribution in [3.63, 3.8) is 0 Å². The third-order valence-corrected chi connectivity index (χ3v) is 8.44. The van der Waals surface area contributed by atoms with Crippen molar-refractivity contribution >= 4 is 57.6 Å². The zero-order valence-corrected chi connectivity index (χ0v) is 31.3. The van der Waals surface area contributed by atoms with Gasteiger partial charge in [0, 0.05) is 9.52 Å². The number of halogens is 2. The van der Waals surface area contributed by atoms with Crippen LogP contribution in [0.15, 0.2) is 60.7 Å². The van der Waals surface area contributed by atoms with Gasteiger partial charge in [0.05, 0.1) is 0 Å². The molecule has 0 saturated heterocycles. The van der Waals surface area contributed by atoms with E-state index < -0.39 is 0 Å². The molecule has 0 aliphatic heterocycles. The van der Waals surface area contributed by atoms with Crippen LogP contribution in [-0.4, -0.2) is 9.52 Å². The molecule has 4 aliphatic carbocycles. The average molecular weight is 670 g/mol. The van der Waals surface area contributed by atoms with Gasteiger partial charge in [-0.1, -0.05) is 129 Å². The van der Waals surface area contributed by atoms with Crippen LogP contribution in [0.1, 0.15) is 65.5 Å². The predicted molar refractivity (Wildman–Crippen MR) is 181 cm³/mol. The fourth-order valence-corrected chi connectivity index (χ4v) is 5.00. The van der Waals surface area contributed by atoms with Crippen molar-refractivity contribution in [1.82, 2.24) is 0 Å². The van der Waals surface area contributed by atoms with E-state index in [-0.39, 0.29) is 61.8 Å². The maximum atomic E-state index is 3.64. The normalized spacial score (nSPS) is 19.4. The summed E-state index contributed by atoms with van der Waals surface area (Å²) >= 11 is 0. The second-order valence-corrected chi connectivity index (χ2v) is 12.2. The van der Waals surface area contributed by atoms with Gasteiger partial charge in [-0.2, -0.15) is 33.7 Å². The van der Waals surface area contributed by atoms with Gasteiger partial charge >= 0.3 is 26.2 Å². The molecule has 0 nitrogen and oxygen atoms in total. The smallest absolute Gasteiger partial charge is 0.191 e. The maximum Gasteiger partial charge on any atom is 2.00 e. The summed E-state index contributed by atoms with van der Waals surface area (Å²) in [7, 11) is 0.750. The van der Waals surface area contributed by atoms with Crippen molar-refractivity contribution in [2.24, 2.45) is 10.8 Å². The summed E-state index contributed by atoms with van der Waals surface area (Å²) in [5, 5.41) is 5.45. The van der Waals surface area contributed by atoms with Crippen LogP contribution >= 0.6 is 24.8 Å². The molecule has 0 amide bonds. The molecular weight excluding hydrogens is 623 g/mol. The summed E-state index contributed by atoms with van der Waals surface area (Å²) < 4.78 is 0. The molecule has 0 bridgehead atoms. The summed E-state index contributed by atoms with van der Waals surface area (Å²) in [5.74, 6) is 0. The Kier molecular flexibility index (Phi) is 16.0. The van der Waals surface area contributed by atoms with Crippen LogP contribution < -0.4 is 20.9 Å². The van der Waals surface area contributed by atoms with Gasteiger partial charge in [-0.05, 0) is 11.1 Å². The molecule has 2 aromatic rings. The number of rotatable bonds is 2. The molecule has 2 aromatic carbocycles. The standard InChI is InChI=1S/2C14H17.C6H4.C2H7Si.2ClH.Zr/c2*1-5-14(4)9-13-10(2)7-6-8-12(13)11(14)3;1-2-6-4-3-5(1)6;1-3-2;;;/h2*6-8H,5H2,1-4H3;1-4H;3H,1-2H3;2*1H;/q2*-1;;;;;+2. The fraction of sp³-hybridized carbons (Fsp3) is 0.389. The molecular formula is C36H47Cl2SiZr. The van der Waals surface area contributed by atoms with Crippen LogP contribution in [0.5, 0.6) is 0 Å². The molecule has 1 radical (unpaired) electrons. The zero-order chi connectivity index (χ0) is 27.4. The number of benzene rings is 3. The third kappa shape index (κ3) is 8.01. The van der Waals surface area contributed by atoms with Gasteiger partial charge in [0.1, 0.15) is 0 Å². The second-order valence-electron chi connectivity index (χ2n) is 11.0. The molecule has 0 saturated carbocycles. The van der Waals surface area contributed by atoms with Gasteiger partial charge in [-0.3, -0.25) is 0 Å². The van der Waals surface area contributed by atoms with Crippen molar-refractivity contribution in [1.29, 1.82) is 0 Å². The summed E-state index contributed by atoms with van der Waals surface area (Å²) in [5.41, 5.74) is 8.81.